The molecule has 13 heteroatoms. The molecule has 1 aliphatic heterocycles. The maximum Gasteiger partial charge on any atom is 0.573 e. The number of thioether (sulfide) groups is 1. The summed E-state index contributed by atoms with van der Waals surface area (Å²) >= 11 is 1.53. The number of aliphatic imine (C=N–C) groups is 1. The van der Waals surface area contributed by atoms with Gasteiger partial charge in [0.15, 0.2) is 11.0 Å². The summed E-state index contributed by atoms with van der Waals surface area (Å²) < 4.78 is 42.6. The van der Waals surface area contributed by atoms with Crippen molar-refractivity contribution < 1.29 is 22.7 Å². The Labute approximate surface area is 262 Å². The molecule has 0 saturated carbocycles. The molecule has 2 amide bonds. The van der Waals surface area contributed by atoms with Gasteiger partial charge in [0.2, 0.25) is 0 Å². The zero-order valence-corrected chi connectivity index (χ0v) is 25.4. The number of urea groups is 1. The lowest BCUT2D eigenvalue weighted by molar-refractivity contribution is -0.274. The van der Waals surface area contributed by atoms with Gasteiger partial charge in [0, 0.05) is 23.5 Å². The highest BCUT2D eigenvalue weighted by Crippen LogP contribution is 2.30. The standard InChI is InChI=1S/C32H30F3N7O2S/c1-3-5-23-7-6-21(2)18-28(23)41-16-4-17-45-31(41)39-30(43)38-27(19-36)22-8-10-24(11-9-22)29-37-20-42(40-29)25-12-14-26(15-13-25)44-32(33,34)35/h6-15,18,20,27H,3-5,16-17H2,1-2H3,(H,38,43). The number of amides is 2. The van der Waals surface area contributed by atoms with Gasteiger partial charge in [0.25, 0.3) is 0 Å². The van der Waals surface area contributed by atoms with Gasteiger partial charge in [-0.2, -0.15) is 10.3 Å². The maximum atomic E-state index is 13.0. The number of nitrogens with one attached hydrogen (secondary N) is 1. The number of amidine groups is 1. The summed E-state index contributed by atoms with van der Waals surface area (Å²) in [6.45, 7) is 4.94. The average molecular weight is 634 g/mol. The number of rotatable bonds is 8. The van der Waals surface area contributed by atoms with Crippen molar-refractivity contribution in [3.63, 3.8) is 0 Å². The first-order chi connectivity index (χ1) is 21.6. The van der Waals surface area contributed by atoms with Crippen molar-refractivity contribution in [3.8, 4) is 28.9 Å². The fourth-order valence-electron chi connectivity index (χ4n) is 4.86. The molecule has 1 N–H and O–H groups in total. The van der Waals surface area contributed by atoms with Crippen molar-refractivity contribution in [1.82, 2.24) is 20.1 Å². The summed E-state index contributed by atoms with van der Waals surface area (Å²) in [5, 5.41) is 17.6. The van der Waals surface area contributed by atoms with E-state index in [1.807, 2.05) is 6.92 Å². The van der Waals surface area contributed by atoms with Crippen molar-refractivity contribution in [2.45, 2.75) is 45.5 Å². The Kier molecular flexibility index (Phi) is 9.73. The molecule has 0 bridgehead atoms. The molecule has 4 aromatic rings. The highest BCUT2D eigenvalue weighted by Gasteiger charge is 2.31. The van der Waals surface area contributed by atoms with Crippen LogP contribution in [0.15, 0.2) is 78.0 Å². The van der Waals surface area contributed by atoms with Gasteiger partial charge in [0.05, 0.1) is 11.8 Å². The Morgan fingerprint density at radius 2 is 1.91 bits per heavy atom. The Morgan fingerprint density at radius 1 is 1.16 bits per heavy atom. The number of alkyl halides is 3. The minimum absolute atomic E-state index is 0.338. The first-order valence-electron chi connectivity index (χ1n) is 14.3. The van der Waals surface area contributed by atoms with Crippen LogP contribution in [0.5, 0.6) is 5.75 Å². The van der Waals surface area contributed by atoms with Gasteiger partial charge in [-0.25, -0.2) is 14.5 Å². The van der Waals surface area contributed by atoms with Gasteiger partial charge < -0.3 is 15.0 Å². The van der Waals surface area contributed by atoms with Crippen LogP contribution in [0.2, 0.25) is 0 Å². The summed E-state index contributed by atoms with van der Waals surface area (Å²) in [6, 6.07) is 19.1. The van der Waals surface area contributed by atoms with Crippen LogP contribution < -0.4 is 15.0 Å². The van der Waals surface area contributed by atoms with Gasteiger partial charge in [-0.1, -0.05) is 61.5 Å². The molecule has 3 aromatic carbocycles. The van der Waals surface area contributed by atoms with E-state index >= 15 is 0 Å². The number of carbonyl (C=O) groups excluding carboxylic acids is 1. The number of hydrogen-bond acceptors (Lipinski definition) is 6. The minimum Gasteiger partial charge on any atom is -0.406 e. The quantitative estimate of drug-likeness (QED) is 0.216. The van der Waals surface area contributed by atoms with Crippen LogP contribution >= 0.6 is 11.8 Å². The predicted molar refractivity (Wildman–Crippen MR) is 167 cm³/mol. The van der Waals surface area contributed by atoms with Gasteiger partial charge in [0.1, 0.15) is 18.1 Å². The number of aromatic nitrogens is 3. The molecule has 1 aliphatic rings. The number of benzene rings is 3. The van der Waals surface area contributed by atoms with E-state index in [1.165, 1.54) is 52.6 Å². The van der Waals surface area contributed by atoms with E-state index in [4.69, 9.17) is 0 Å². The topological polar surface area (TPSA) is 108 Å². The maximum absolute atomic E-state index is 13.0. The number of anilines is 1. The highest BCUT2D eigenvalue weighted by molar-refractivity contribution is 8.14. The molecule has 1 atom stereocenters. The highest BCUT2D eigenvalue weighted by atomic mass is 32.2. The van der Waals surface area contributed by atoms with E-state index in [2.05, 4.69) is 61.2 Å². The summed E-state index contributed by atoms with van der Waals surface area (Å²) in [5.74, 6) is 0.881. The van der Waals surface area contributed by atoms with Gasteiger partial charge in [-0.3, -0.25) is 0 Å². The zero-order valence-electron chi connectivity index (χ0n) is 24.6. The molecule has 2 heterocycles. The van der Waals surface area contributed by atoms with Crippen molar-refractivity contribution in [3.05, 3.63) is 89.7 Å². The molecule has 1 fully saturated rings. The molecular weight excluding hydrogens is 603 g/mol. The van der Waals surface area contributed by atoms with Crippen LogP contribution in [-0.2, 0) is 6.42 Å². The second-order valence-corrected chi connectivity index (χ2v) is 11.4. The van der Waals surface area contributed by atoms with E-state index < -0.39 is 18.4 Å². The number of nitriles is 1. The normalized spacial score (nSPS) is 15.0. The minimum atomic E-state index is -4.77. The van der Waals surface area contributed by atoms with Gasteiger partial charge >= 0.3 is 12.4 Å². The third-order valence-corrected chi connectivity index (χ3v) is 8.02. The summed E-state index contributed by atoms with van der Waals surface area (Å²) in [6.07, 6.45) is -0.441. The molecule has 45 heavy (non-hydrogen) atoms. The fraction of sp³-hybridized carbons (Fsp3) is 0.281. The monoisotopic (exact) mass is 633 g/mol. The third kappa shape index (κ3) is 8.02. The van der Waals surface area contributed by atoms with Crippen molar-refractivity contribution in [2.24, 2.45) is 4.99 Å². The van der Waals surface area contributed by atoms with Gasteiger partial charge in [-0.05, 0) is 66.8 Å². The van der Waals surface area contributed by atoms with Crippen LogP contribution in [0.4, 0.5) is 23.7 Å². The largest absolute Gasteiger partial charge is 0.573 e. The van der Waals surface area contributed by atoms with Crippen molar-refractivity contribution >= 4 is 28.6 Å². The van der Waals surface area contributed by atoms with E-state index in [-0.39, 0.29) is 5.75 Å². The fourth-order valence-corrected chi connectivity index (χ4v) is 5.81. The Balaban J connectivity index is 1.27. The van der Waals surface area contributed by atoms with Crippen LogP contribution in [0.3, 0.4) is 0 Å². The number of hydrogen-bond donors (Lipinski definition) is 1. The average Bonchev–Trinajstić information content (AvgIpc) is 3.51. The molecule has 0 aliphatic carbocycles. The summed E-state index contributed by atoms with van der Waals surface area (Å²) in [5.41, 5.74) is 5.10. The number of halogens is 3. The molecule has 5 rings (SSSR count). The number of carbonyl (C=O) groups is 1. The summed E-state index contributed by atoms with van der Waals surface area (Å²) in [7, 11) is 0. The molecule has 232 valence electrons. The van der Waals surface area contributed by atoms with Gasteiger partial charge in [-0.15, -0.1) is 18.3 Å². The predicted octanol–water partition coefficient (Wildman–Crippen LogP) is 7.37. The molecule has 9 nitrogen and oxygen atoms in total. The SMILES string of the molecule is CCCc1ccc(C)cc1N1CCCSC1=NC(=O)NC(C#N)c1ccc(-c2ncn(-c3ccc(OC(F)(F)F)cc3)n2)cc1. The molecule has 1 aromatic heterocycles. The van der Waals surface area contributed by atoms with Crippen molar-refractivity contribution in [1.29, 1.82) is 5.26 Å². The third-order valence-electron chi connectivity index (χ3n) is 6.96. The molecular formula is C32H30F3N7O2S. The lowest BCUT2D eigenvalue weighted by Crippen LogP contribution is -2.36. The lowest BCUT2D eigenvalue weighted by atomic mass is 10.0. The first-order valence-corrected chi connectivity index (χ1v) is 15.3. The van der Waals surface area contributed by atoms with E-state index in [9.17, 15) is 23.2 Å². The second-order valence-electron chi connectivity index (χ2n) is 10.3. The smallest absolute Gasteiger partial charge is 0.406 e. The number of aryl methyl sites for hydroxylation is 2. The van der Waals surface area contributed by atoms with E-state index in [0.29, 0.717) is 27.8 Å². The van der Waals surface area contributed by atoms with Crippen molar-refractivity contribution in [2.75, 3.05) is 17.2 Å². The molecule has 0 spiro atoms. The van der Waals surface area contributed by atoms with E-state index in [1.54, 1.807) is 24.3 Å². The Hall–Kier alpha value is -4.83. The number of nitrogens with zero attached hydrogens (tertiary/aromatic N) is 6. The number of ether oxygens (including phenoxy) is 1. The Bertz CT molecular complexity index is 1710. The Morgan fingerprint density at radius 3 is 2.60 bits per heavy atom. The van der Waals surface area contributed by atoms with Crippen LogP contribution in [0.1, 0.15) is 42.5 Å². The van der Waals surface area contributed by atoms with E-state index in [0.717, 1.165) is 42.8 Å². The second kappa shape index (κ2) is 13.9. The first kappa shape index (κ1) is 31.6. The van der Waals surface area contributed by atoms with Crippen LogP contribution in [0.25, 0.3) is 17.1 Å². The van der Waals surface area contributed by atoms with Crippen LogP contribution in [-0.4, -0.2) is 44.6 Å². The molecule has 1 unspecified atom stereocenters. The van der Waals surface area contributed by atoms with Crippen LogP contribution in [0, 0.1) is 18.3 Å². The molecule has 1 saturated heterocycles. The zero-order chi connectivity index (χ0) is 32.0. The summed E-state index contributed by atoms with van der Waals surface area (Å²) in [4.78, 5) is 23.8. The molecule has 0 radical (unpaired) electrons. The lowest BCUT2D eigenvalue weighted by Gasteiger charge is -2.31.